The largest absolute Gasteiger partial charge is 0.433 e. The second kappa shape index (κ2) is 2.95. The molecule has 0 saturated heterocycles. The van der Waals surface area contributed by atoms with E-state index in [1.807, 2.05) is 0 Å². The minimum absolute atomic E-state index is 0.0821. The lowest BCUT2D eigenvalue weighted by molar-refractivity contribution is -0.142. The standard InChI is InChI=1S/C8H3F3N4/c9-8(10,11)6-5(3-12)4-14-7-13-1-2-15(6)7/h1-2,4H. The lowest BCUT2D eigenvalue weighted by Crippen LogP contribution is -2.14. The Balaban J connectivity index is 2.88. The Labute approximate surface area is 81.6 Å². The molecule has 2 aromatic heterocycles. The van der Waals surface area contributed by atoms with Crippen molar-refractivity contribution in [2.45, 2.75) is 6.18 Å². The van der Waals surface area contributed by atoms with E-state index in [4.69, 9.17) is 5.26 Å². The van der Waals surface area contributed by atoms with Gasteiger partial charge in [0.2, 0.25) is 5.78 Å². The fourth-order valence-electron chi connectivity index (χ4n) is 1.25. The van der Waals surface area contributed by atoms with Crippen molar-refractivity contribution < 1.29 is 13.2 Å². The van der Waals surface area contributed by atoms with Crippen LogP contribution in [0.3, 0.4) is 0 Å². The molecule has 15 heavy (non-hydrogen) atoms. The normalized spacial score (nSPS) is 11.6. The van der Waals surface area contributed by atoms with Gasteiger partial charge in [-0.05, 0) is 0 Å². The Morgan fingerprint density at radius 1 is 1.33 bits per heavy atom. The zero-order chi connectivity index (χ0) is 11.1. The number of fused-ring (bicyclic) bond motifs is 1. The lowest BCUT2D eigenvalue weighted by Gasteiger charge is -2.09. The number of imidazole rings is 1. The Morgan fingerprint density at radius 2 is 2.07 bits per heavy atom. The summed E-state index contributed by atoms with van der Waals surface area (Å²) in [5.41, 5.74) is -1.57. The van der Waals surface area contributed by atoms with Gasteiger partial charge in [0, 0.05) is 12.4 Å². The second-order valence-corrected chi connectivity index (χ2v) is 2.73. The summed E-state index contributed by atoms with van der Waals surface area (Å²) < 4.78 is 38.6. The molecule has 0 bridgehead atoms. The van der Waals surface area contributed by atoms with E-state index in [0.717, 1.165) is 16.8 Å². The summed E-state index contributed by atoms with van der Waals surface area (Å²) in [6.07, 6.45) is -1.43. The molecule has 0 aliphatic heterocycles. The highest BCUT2D eigenvalue weighted by molar-refractivity contribution is 5.41. The highest BCUT2D eigenvalue weighted by Crippen LogP contribution is 2.31. The van der Waals surface area contributed by atoms with Crippen LogP contribution >= 0.6 is 0 Å². The number of nitrogens with zero attached hydrogens (tertiary/aromatic N) is 4. The maximum Gasteiger partial charge on any atom is 0.433 e. The third-order valence-electron chi connectivity index (χ3n) is 1.82. The van der Waals surface area contributed by atoms with Gasteiger partial charge in [-0.1, -0.05) is 0 Å². The van der Waals surface area contributed by atoms with E-state index >= 15 is 0 Å². The number of hydrogen-bond donors (Lipinski definition) is 0. The molecule has 7 heteroatoms. The van der Waals surface area contributed by atoms with Gasteiger partial charge in [0.1, 0.15) is 11.8 Å². The average molecular weight is 212 g/mol. The van der Waals surface area contributed by atoms with Crippen molar-refractivity contribution in [3.63, 3.8) is 0 Å². The van der Waals surface area contributed by atoms with Crippen molar-refractivity contribution in [1.82, 2.24) is 14.4 Å². The fraction of sp³-hybridized carbons (Fsp3) is 0.125. The van der Waals surface area contributed by atoms with E-state index in [9.17, 15) is 13.2 Å². The van der Waals surface area contributed by atoms with Crippen LogP contribution in [0.2, 0.25) is 0 Å². The van der Waals surface area contributed by atoms with Gasteiger partial charge in [0.05, 0.1) is 11.8 Å². The van der Waals surface area contributed by atoms with Crippen molar-refractivity contribution in [3.8, 4) is 6.07 Å². The number of alkyl halides is 3. The number of aromatic nitrogens is 3. The van der Waals surface area contributed by atoms with Gasteiger partial charge >= 0.3 is 6.18 Å². The van der Waals surface area contributed by atoms with Crippen LogP contribution < -0.4 is 0 Å². The summed E-state index contributed by atoms with van der Waals surface area (Å²) in [6.45, 7) is 0. The third-order valence-corrected chi connectivity index (χ3v) is 1.82. The molecule has 2 rings (SSSR count). The Kier molecular flexibility index (Phi) is 1.86. The van der Waals surface area contributed by atoms with Crippen molar-refractivity contribution in [3.05, 3.63) is 29.8 Å². The van der Waals surface area contributed by atoms with E-state index in [0.29, 0.717) is 0 Å². The topological polar surface area (TPSA) is 54.0 Å². The zero-order valence-corrected chi connectivity index (χ0v) is 7.15. The van der Waals surface area contributed by atoms with Crippen molar-refractivity contribution in [1.29, 1.82) is 5.26 Å². The maximum atomic E-state index is 12.6. The van der Waals surface area contributed by atoms with Crippen LogP contribution in [0.25, 0.3) is 5.78 Å². The first-order valence-electron chi connectivity index (χ1n) is 3.83. The van der Waals surface area contributed by atoms with Gasteiger partial charge in [0.15, 0.2) is 0 Å². The van der Waals surface area contributed by atoms with Gasteiger partial charge < -0.3 is 0 Å². The van der Waals surface area contributed by atoms with Gasteiger partial charge in [0.25, 0.3) is 0 Å². The molecule has 2 heterocycles. The van der Waals surface area contributed by atoms with E-state index in [2.05, 4.69) is 9.97 Å². The first-order valence-corrected chi connectivity index (χ1v) is 3.83. The molecule has 0 spiro atoms. The predicted octanol–water partition coefficient (Wildman–Crippen LogP) is 1.62. The molecule has 0 radical (unpaired) electrons. The molecule has 0 aromatic carbocycles. The molecule has 0 atom stereocenters. The van der Waals surface area contributed by atoms with Gasteiger partial charge in [-0.3, -0.25) is 4.40 Å². The smallest absolute Gasteiger partial charge is 0.278 e. The summed E-state index contributed by atoms with van der Waals surface area (Å²) in [5.74, 6) is -0.0821. The molecule has 76 valence electrons. The van der Waals surface area contributed by atoms with Gasteiger partial charge in [-0.15, -0.1) is 0 Å². The summed E-state index contributed by atoms with van der Waals surface area (Å²) in [5, 5.41) is 8.55. The first-order chi connectivity index (χ1) is 7.04. The minimum atomic E-state index is -4.60. The average Bonchev–Trinajstić information content (AvgIpc) is 2.61. The Hall–Kier alpha value is -2.10. The molecule has 0 aliphatic carbocycles. The Morgan fingerprint density at radius 3 is 2.67 bits per heavy atom. The van der Waals surface area contributed by atoms with Crippen LogP contribution in [0.15, 0.2) is 18.6 Å². The Bertz CT molecular complexity index is 549. The molecule has 0 fully saturated rings. The highest BCUT2D eigenvalue weighted by Gasteiger charge is 2.36. The molecule has 4 nitrogen and oxygen atoms in total. The van der Waals surface area contributed by atoms with E-state index in [1.54, 1.807) is 0 Å². The zero-order valence-electron chi connectivity index (χ0n) is 7.15. The number of rotatable bonds is 0. The summed E-state index contributed by atoms with van der Waals surface area (Å²) >= 11 is 0. The van der Waals surface area contributed by atoms with E-state index < -0.39 is 17.4 Å². The molecule has 0 aliphatic rings. The quantitative estimate of drug-likeness (QED) is 0.666. The molecule has 0 saturated carbocycles. The lowest BCUT2D eigenvalue weighted by atomic mass is 10.2. The number of nitriles is 1. The summed E-state index contributed by atoms with van der Waals surface area (Å²) in [6, 6.07) is 1.45. The third kappa shape index (κ3) is 1.40. The molecule has 2 aromatic rings. The molecule has 0 N–H and O–H groups in total. The van der Waals surface area contributed by atoms with Crippen molar-refractivity contribution >= 4 is 5.78 Å². The van der Waals surface area contributed by atoms with Crippen LogP contribution in [0.4, 0.5) is 13.2 Å². The van der Waals surface area contributed by atoms with Crippen LogP contribution in [0.1, 0.15) is 11.3 Å². The second-order valence-electron chi connectivity index (χ2n) is 2.73. The molecular formula is C8H3F3N4. The van der Waals surface area contributed by atoms with E-state index in [1.165, 1.54) is 12.3 Å². The monoisotopic (exact) mass is 212 g/mol. The summed E-state index contributed by atoms with van der Waals surface area (Å²) in [7, 11) is 0. The minimum Gasteiger partial charge on any atom is -0.278 e. The molecule has 0 amide bonds. The van der Waals surface area contributed by atoms with Gasteiger partial charge in [-0.2, -0.15) is 18.4 Å². The van der Waals surface area contributed by atoms with Crippen molar-refractivity contribution in [2.24, 2.45) is 0 Å². The fourth-order valence-corrected chi connectivity index (χ4v) is 1.25. The number of hydrogen-bond acceptors (Lipinski definition) is 3. The van der Waals surface area contributed by atoms with Crippen LogP contribution in [0.5, 0.6) is 0 Å². The van der Waals surface area contributed by atoms with E-state index in [-0.39, 0.29) is 5.78 Å². The number of halogens is 3. The highest BCUT2D eigenvalue weighted by atomic mass is 19.4. The summed E-state index contributed by atoms with van der Waals surface area (Å²) in [4.78, 5) is 7.23. The molecular weight excluding hydrogens is 209 g/mol. The SMILES string of the molecule is N#Cc1cnc2nccn2c1C(F)(F)F. The van der Waals surface area contributed by atoms with Crippen LogP contribution in [0, 0.1) is 11.3 Å². The first kappa shape index (κ1) is 9.45. The molecule has 0 unspecified atom stereocenters. The maximum absolute atomic E-state index is 12.6. The van der Waals surface area contributed by atoms with Crippen LogP contribution in [-0.2, 0) is 6.18 Å². The van der Waals surface area contributed by atoms with Crippen molar-refractivity contribution in [2.75, 3.05) is 0 Å². The van der Waals surface area contributed by atoms with Gasteiger partial charge in [-0.25, -0.2) is 9.97 Å². The van der Waals surface area contributed by atoms with Crippen LogP contribution in [-0.4, -0.2) is 14.4 Å². The predicted molar refractivity (Wildman–Crippen MR) is 42.7 cm³/mol.